The third-order valence-corrected chi connectivity index (χ3v) is 6.50. The number of aryl methyl sites for hydroxylation is 1. The molecule has 0 bridgehead atoms. The molecule has 3 aromatic carbocycles. The summed E-state index contributed by atoms with van der Waals surface area (Å²) in [6, 6.07) is 26.9. The van der Waals surface area contributed by atoms with Crippen molar-refractivity contribution in [1.29, 1.82) is 0 Å². The monoisotopic (exact) mass is 465 g/mol. The van der Waals surface area contributed by atoms with Gasteiger partial charge in [0.15, 0.2) is 0 Å². The summed E-state index contributed by atoms with van der Waals surface area (Å²) in [4.78, 5) is 28.0. The van der Waals surface area contributed by atoms with E-state index in [-0.39, 0.29) is 12.1 Å². The fourth-order valence-electron chi connectivity index (χ4n) is 4.69. The number of carbonyl (C=O) groups excluding carboxylic acids is 2. The lowest BCUT2D eigenvalue weighted by Crippen LogP contribution is -2.38. The Morgan fingerprint density at radius 3 is 2.46 bits per heavy atom. The molecule has 5 rings (SSSR count). The van der Waals surface area contributed by atoms with Crippen LogP contribution in [0.1, 0.15) is 45.7 Å². The summed E-state index contributed by atoms with van der Waals surface area (Å²) in [7, 11) is 1.33. The molecule has 35 heavy (non-hydrogen) atoms. The molecule has 0 fully saturated rings. The first-order valence-corrected chi connectivity index (χ1v) is 11.7. The average Bonchev–Trinajstić information content (AvgIpc) is 3.33. The molecule has 1 unspecified atom stereocenters. The quantitative estimate of drug-likeness (QED) is 0.378. The number of nitrogens with one attached hydrogen (secondary N) is 1. The van der Waals surface area contributed by atoms with Gasteiger partial charge in [-0.3, -0.25) is 0 Å². The Morgan fingerprint density at radius 2 is 1.69 bits per heavy atom. The number of benzene rings is 3. The normalized spacial score (nSPS) is 14.5. The van der Waals surface area contributed by atoms with Crippen molar-refractivity contribution in [2.45, 2.75) is 25.9 Å². The number of para-hydroxylation sites is 2. The summed E-state index contributed by atoms with van der Waals surface area (Å²) in [5.41, 5.74) is 6.07. The Kier molecular flexibility index (Phi) is 6.10. The maximum Gasteiger partial charge on any atom is 0.339 e. The molecular formula is C29H27N3O3. The lowest BCUT2D eigenvalue weighted by molar-refractivity contribution is 0.0602. The van der Waals surface area contributed by atoms with Gasteiger partial charge < -0.3 is 19.5 Å². The van der Waals surface area contributed by atoms with Crippen LogP contribution in [0.3, 0.4) is 0 Å². The number of nitrogens with zero attached hydrogens (tertiary/aromatic N) is 2. The summed E-state index contributed by atoms with van der Waals surface area (Å²) in [6.07, 6.45) is 2.98. The Balaban J connectivity index is 1.61. The summed E-state index contributed by atoms with van der Waals surface area (Å²) < 4.78 is 7.07. The molecule has 6 heteroatoms. The molecule has 2 amide bonds. The topological polar surface area (TPSA) is 63.6 Å². The molecule has 2 heterocycles. The number of anilines is 1. The SMILES string of the molecule is CCc1ccc(C2c3cccn3-c3ccccc3CN2C(=O)Nc2ccccc2C(=O)OC)cc1. The van der Waals surface area contributed by atoms with E-state index in [1.165, 1.54) is 12.7 Å². The van der Waals surface area contributed by atoms with Gasteiger partial charge in [-0.15, -0.1) is 0 Å². The number of urea groups is 1. The van der Waals surface area contributed by atoms with Crippen LogP contribution in [0.4, 0.5) is 10.5 Å². The van der Waals surface area contributed by atoms with E-state index in [0.29, 0.717) is 17.8 Å². The molecular weight excluding hydrogens is 438 g/mol. The smallest absolute Gasteiger partial charge is 0.339 e. The van der Waals surface area contributed by atoms with E-state index < -0.39 is 5.97 Å². The Morgan fingerprint density at radius 1 is 0.943 bits per heavy atom. The molecule has 176 valence electrons. The van der Waals surface area contributed by atoms with E-state index in [1.807, 2.05) is 35.4 Å². The highest BCUT2D eigenvalue weighted by Crippen LogP contribution is 2.37. The molecule has 1 atom stereocenters. The van der Waals surface area contributed by atoms with E-state index in [2.05, 4.69) is 53.2 Å². The maximum absolute atomic E-state index is 13.9. The molecule has 4 aromatic rings. The molecule has 1 aliphatic rings. The third-order valence-electron chi connectivity index (χ3n) is 6.50. The molecule has 0 spiro atoms. The predicted octanol–water partition coefficient (Wildman–Crippen LogP) is 5.96. The molecule has 0 saturated heterocycles. The predicted molar refractivity (Wildman–Crippen MR) is 136 cm³/mol. The second-order valence-electron chi connectivity index (χ2n) is 8.52. The zero-order valence-corrected chi connectivity index (χ0v) is 19.8. The fraction of sp³-hybridized carbons (Fsp3) is 0.172. The summed E-state index contributed by atoms with van der Waals surface area (Å²) in [5.74, 6) is -0.498. The third kappa shape index (κ3) is 4.19. The van der Waals surface area contributed by atoms with Gasteiger partial charge in [0.2, 0.25) is 0 Å². The summed E-state index contributed by atoms with van der Waals surface area (Å²) in [6.45, 7) is 2.53. The van der Waals surface area contributed by atoms with Crippen LogP contribution < -0.4 is 5.32 Å². The van der Waals surface area contributed by atoms with Gasteiger partial charge in [0, 0.05) is 11.9 Å². The standard InChI is InChI=1S/C29H27N3O3/c1-3-20-14-16-21(17-15-20)27-26-13-8-18-31(26)25-12-7-4-9-22(25)19-32(27)29(34)30-24-11-6-5-10-23(24)28(33)35-2/h4-18,27H,3,19H2,1-2H3,(H,30,34). The lowest BCUT2D eigenvalue weighted by Gasteiger charge is -2.31. The van der Waals surface area contributed by atoms with Crippen molar-refractivity contribution in [2.75, 3.05) is 12.4 Å². The number of methoxy groups -OCH3 is 1. The number of hydrogen-bond donors (Lipinski definition) is 1. The van der Waals surface area contributed by atoms with Gasteiger partial charge in [0.05, 0.1) is 36.6 Å². The van der Waals surface area contributed by atoms with E-state index in [9.17, 15) is 9.59 Å². The van der Waals surface area contributed by atoms with E-state index in [0.717, 1.165) is 28.9 Å². The van der Waals surface area contributed by atoms with Gasteiger partial charge in [-0.05, 0) is 53.4 Å². The van der Waals surface area contributed by atoms with Crippen LogP contribution in [0.25, 0.3) is 5.69 Å². The Hall–Kier alpha value is -4.32. The Bertz CT molecular complexity index is 1370. The number of rotatable bonds is 4. The highest BCUT2D eigenvalue weighted by molar-refractivity contribution is 6.01. The zero-order valence-electron chi connectivity index (χ0n) is 19.8. The van der Waals surface area contributed by atoms with Gasteiger partial charge in [-0.2, -0.15) is 0 Å². The molecule has 0 radical (unpaired) electrons. The molecule has 1 N–H and O–H groups in total. The van der Waals surface area contributed by atoms with Crippen molar-refractivity contribution < 1.29 is 14.3 Å². The van der Waals surface area contributed by atoms with Crippen molar-refractivity contribution in [2.24, 2.45) is 0 Å². The van der Waals surface area contributed by atoms with E-state index >= 15 is 0 Å². The van der Waals surface area contributed by atoms with Gasteiger partial charge in [-0.25, -0.2) is 9.59 Å². The van der Waals surface area contributed by atoms with Gasteiger partial charge >= 0.3 is 12.0 Å². The first kappa shape index (κ1) is 22.5. The molecule has 0 saturated carbocycles. The number of carbonyl (C=O) groups is 2. The highest BCUT2D eigenvalue weighted by Gasteiger charge is 2.33. The number of hydrogen-bond acceptors (Lipinski definition) is 3. The van der Waals surface area contributed by atoms with Crippen LogP contribution in [0.15, 0.2) is 91.1 Å². The minimum Gasteiger partial charge on any atom is -0.465 e. The first-order chi connectivity index (χ1) is 17.1. The average molecular weight is 466 g/mol. The number of amides is 2. The van der Waals surface area contributed by atoms with E-state index in [4.69, 9.17) is 4.74 Å². The first-order valence-electron chi connectivity index (χ1n) is 11.7. The number of ether oxygens (including phenoxy) is 1. The van der Waals surface area contributed by atoms with Crippen molar-refractivity contribution >= 4 is 17.7 Å². The minimum atomic E-state index is -0.498. The summed E-state index contributed by atoms with van der Waals surface area (Å²) >= 11 is 0. The van der Waals surface area contributed by atoms with Crippen LogP contribution in [0.5, 0.6) is 0 Å². The zero-order chi connectivity index (χ0) is 24.4. The van der Waals surface area contributed by atoms with Gasteiger partial charge in [0.1, 0.15) is 0 Å². The largest absolute Gasteiger partial charge is 0.465 e. The van der Waals surface area contributed by atoms with Crippen molar-refractivity contribution in [3.05, 3.63) is 119 Å². The van der Waals surface area contributed by atoms with Crippen LogP contribution in [-0.2, 0) is 17.7 Å². The molecule has 6 nitrogen and oxygen atoms in total. The molecule has 1 aliphatic heterocycles. The van der Waals surface area contributed by atoms with E-state index in [1.54, 1.807) is 24.3 Å². The van der Waals surface area contributed by atoms with Crippen molar-refractivity contribution in [3.63, 3.8) is 0 Å². The minimum absolute atomic E-state index is 0.296. The highest BCUT2D eigenvalue weighted by atomic mass is 16.5. The molecule has 0 aliphatic carbocycles. The van der Waals surface area contributed by atoms with Crippen molar-refractivity contribution in [1.82, 2.24) is 9.47 Å². The van der Waals surface area contributed by atoms with Crippen molar-refractivity contribution in [3.8, 4) is 5.69 Å². The van der Waals surface area contributed by atoms with Crippen LogP contribution in [0, 0.1) is 0 Å². The Labute approximate surface area is 204 Å². The second kappa shape index (κ2) is 9.50. The summed E-state index contributed by atoms with van der Waals surface area (Å²) in [5, 5.41) is 2.98. The number of fused-ring (bicyclic) bond motifs is 3. The maximum atomic E-state index is 13.9. The number of esters is 1. The van der Waals surface area contributed by atoms with Gasteiger partial charge in [-0.1, -0.05) is 61.5 Å². The lowest BCUT2D eigenvalue weighted by atomic mass is 10.00. The van der Waals surface area contributed by atoms with Gasteiger partial charge in [0.25, 0.3) is 0 Å². The fourth-order valence-corrected chi connectivity index (χ4v) is 4.69. The van der Waals surface area contributed by atoms with Crippen LogP contribution in [0.2, 0.25) is 0 Å². The van der Waals surface area contributed by atoms with Crippen LogP contribution >= 0.6 is 0 Å². The van der Waals surface area contributed by atoms with Crippen LogP contribution in [-0.4, -0.2) is 28.6 Å². The molecule has 1 aromatic heterocycles. The second-order valence-corrected chi connectivity index (χ2v) is 8.52. The number of aromatic nitrogens is 1.